The van der Waals surface area contributed by atoms with E-state index in [-0.39, 0.29) is 5.91 Å². The molecule has 6 nitrogen and oxygen atoms in total. The Hall–Kier alpha value is -3.43. The van der Waals surface area contributed by atoms with Crippen molar-refractivity contribution < 1.29 is 4.79 Å². The van der Waals surface area contributed by atoms with Crippen molar-refractivity contribution in [3.05, 3.63) is 83.7 Å². The van der Waals surface area contributed by atoms with Crippen molar-refractivity contribution in [2.24, 2.45) is 0 Å². The largest absolute Gasteiger partial charge is 0.336 e. The second kappa shape index (κ2) is 8.07. The Labute approximate surface area is 164 Å². The van der Waals surface area contributed by atoms with Gasteiger partial charge in [0.15, 0.2) is 0 Å². The van der Waals surface area contributed by atoms with Crippen LogP contribution >= 0.6 is 0 Å². The zero-order valence-corrected chi connectivity index (χ0v) is 15.5. The summed E-state index contributed by atoms with van der Waals surface area (Å²) in [5.74, 6) is 0.0280. The van der Waals surface area contributed by atoms with Gasteiger partial charge in [-0.05, 0) is 29.8 Å². The molecule has 1 saturated heterocycles. The molecule has 1 aromatic heterocycles. The SMILES string of the molecule is N#Cc1ccc(CN2CCN(C(=O)c3cnn(-c4ccccc4)c3)CC2)cc1. The summed E-state index contributed by atoms with van der Waals surface area (Å²) in [6.07, 6.45) is 3.43. The molecule has 2 heterocycles. The van der Waals surface area contributed by atoms with Gasteiger partial charge in [0.1, 0.15) is 0 Å². The molecule has 0 spiro atoms. The molecule has 1 amide bonds. The predicted molar refractivity (Wildman–Crippen MR) is 106 cm³/mol. The molecule has 6 heteroatoms. The Morgan fingerprint density at radius 2 is 1.71 bits per heavy atom. The number of hydrogen-bond acceptors (Lipinski definition) is 4. The number of aromatic nitrogens is 2. The van der Waals surface area contributed by atoms with Crippen molar-refractivity contribution in [3.63, 3.8) is 0 Å². The zero-order chi connectivity index (χ0) is 19.3. The van der Waals surface area contributed by atoms with E-state index in [1.165, 1.54) is 5.56 Å². The number of hydrogen-bond donors (Lipinski definition) is 0. The summed E-state index contributed by atoms with van der Waals surface area (Å²) in [5.41, 5.74) is 3.41. The van der Waals surface area contributed by atoms with E-state index in [1.54, 1.807) is 17.1 Å². The first-order valence-electron chi connectivity index (χ1n) is 9.34. The number of para-hydroxylation sites is 1. The van der Waals surface area contributed by atoms with Crippen LogP contribution in [-0.4, -0.2) is 51.7 Å². The van der Waals surface area contributed by atoms with Gasteiger partial charge >= 0.3 is 0 Å². The average Bonchev–Trinajstić information content (AvgIpc) is 3.25. The topological polar surface area (TPSA) is 65.2 Å². The van der Waals surface area contributed by atoms with E-state index in [4.69, 9.17) is 5.26 Å². The lowest BCUT2D eigenvalue weighted by Crippen LogP contribution is -2.48. The van der Waals surface area contributed by atoms with Crippen LogP contribution < -0.4 is 0 Å². The maximum Gasteiger partial charge on any atom is 0.257 e. The maximum atomic E-state index is 12.8. The number of amides is 1. The molecule has 140 valence electrons. The van der Waals surface area contributed by atoms with Crippen LogP contribution in [0.4, 0.5) is 0 Å². The van der Waals surface area contributed by atoms with Gasteiger partial charge in [0.25, 0.3) is 5.91 Å². The summed E-state index contributed by atoms with van der Waals surface area (Å²) in [6.45, 7) is 3.90. The van der Waals surface area contributed by atoms with E-state index in [0.29, 0.717) is 24.2 Å². The van der Waals surface area contributed by atoms with Crippen molar-refractivity contribution in [2.45, 2.75) is 6.54 Å². The lowest BCUT2D eigenvalue weighted by molar-refractivity contribution is 0.0628. The predicted octanol–water partition coefficient (Wildman–Crippen LogP) is 2.70. The van der Waals surface area contributed by atoms with Gasteiger partial charge in [0, 0.05) is 38.9 Å². The highest BCUT2D eigenvalue weighted by Crippen LogP contribution is 2.14. The smallest absolute Gasteiger partial charge is 0.257 e. The second-order valence-electron chi connectivity index (χ2n) is 6.89. The van der Waals surface area contributed by atoms with Gasteiger partial charge in [-0.25, -0.2) is 4.68 Å². The Morgan fingerprint density at radius 1 is 1.00 bits per heavy atom. The van der Waals surface area contributed by atoms with Crippen LogP contribution in [0.5, 0.6) is 0 Å². The summed E-state index contributed by atoms with van der Waals surface area (Å²) < 4.78 is 1.73. The lowest BCUT2D eigenvalue weighted by atomic mass is 10.1. The van der Waals surface area contributed by atoms with Crippen LogP contribution in [0.3, 0.4) is 0 Å². The molecule has 4 rings (SSSR count). The van der Waals surface area contributed by atoms with E-state index in [0.717, 1.165) is 25.3 Å². The first kappa shape index (κ1) is 18.0. The van der Waals surface area contributed by atoms with Crippen LogP contribution in [0, 0.1) is 11.3 Å². The van der Waals surface area contributed by atoms with Gasteiger partial charge in [-0.1, -0.05) is 30.3 Å². The molecule has 28 heavy (non-hydrogen) atoms. The number of carbonyl (C=O) groups is 1. The Balaban J connectivity index is 1.34. The molecule has 0 N–H and O–H groups in total. The summed E-state index contributed by atoms with van der Waals surface area (Å²) in [7, 11) is 0. The Bertz CT molecular complexity index is 980. The van der Waals surface area contributed by atoms with E-state index < -0.39 is 0 Å². The first-order valence-corrected chi connectivity index (χ1v) is 9.34. The van der Waals surface area contributed by atoms with E-state index in [9.17, 15) is 4.79 Å². The molecule has 0 unspecified atom stereocenters. The van der Waals surface area contributed by atoms with E-state index in [2.05, 4.69) is 16.1 Å². The number of nitrogens with zero attached hydrogens (tertiary/aromatic N) is 5. The van der Waals surface area contributed by atoms with E-state index in [1.807, 2.05) is 59.5 Å². The molecule has 0 bridgehead atoms. The van der Waals surface area contributed by atoms with Gasteiger partial charge in [0.05, 0.1) is 29.1 Å². The standard InChI is InChI=1S/C22H21N5O/c23-14-18-6-8-19(9-7-18)16-25-10-12-26(13-11-25)22(28)20-15-24-27(17-20)21-4-2-1-3-5-21/h1-9,15,17H,10-13,16H2. The minimum Gasteiger partial charge on any atom is -0.336 e. The third kappa shape index (κ3) is 3.95. The van der Waals surface area contributed by atoms with Crippen molar-refractivity contribution >= 4 is 5.91 Å². The zero-order valence-electron chi connectivity index (χ0n) is 15.5. The van der Waals surface area contributed by atoms with Gasteiger partial charge < -0.3 is 4.90 Å². The van der Waals surface area contributed by atoms with Gasteiger partial charge in [-0.15, -0.1) is 0 Å². The molecule has 2 aromatic carbocycles. The summed E-state index contributed by atoms with van der Waals surface area (Å²) >= 11 is 0. The van der Waals surface area contributed by atoms with Crippen LogP contribution in [0.1, 0.15) is 21.5 Å². The second-order valence-corrected chi connectivity index (χ2v) is 6.89. The molecule has 1 aliphatic heterocycles. The quantitative estimate of drug-likeness (QED) is 0.707. The third-order valence-electron chi connectivity index (χ3n) is 5.00. The third-order valence-corrected chi connectivity index (χ3v) is 5.00. The number of nitriles is 1. The lowest BCUT2D eigenvalue weighted by Gasteiger charge is -2.34. The fraction of sp³-hybridized carbons (Fsp3) is 0.227. The first-order chi connectivity index (χ1) is 13.7. The van der Waals surface area contributed by atoms with Crippen molar-refractivity contribution in [1.29, 1.82) is 5.26 Å². The number of piperazine rings is 1. The Morgan fingerprint density at radius 3 is 2.39 bits per heavy atom. The fourth-order valence-electron chi connectivity index (χ4n) is 3.39. The normalized spacial score (nSPS) is 14.6. The van der Waals surface area contributed by atoms with E-state index >= 15 is 0 Å². The van der Waals surface area contributed by atoms with Crippen LogP contribution in [0.15, 0.2) is 67.0 Å². The molecular formula is C22H21N5O. The number of carbonyl (C=O) groups excluding carboxylic acids is 1. The van der Waals surface area contributed by atoms with Crippen LogP contribution in [0.25, 0.3) is 5.69 Å². The minimum atomic E-state index is 0.0280. The maximum absolute atomic E-state index is 12.8. The monoisotopic (exact) mass is 371 g/mol. The fourth-order valence-corrected chi connectivity index (χ4v) is 3.39. The van der Waals surface area contributed by atoms with Crippen molar-refractivity contribution in [1.82, 2.24) is 19.6 Å². The van der Waals surface area contributed by atoms with Crippen molar-refractivity contribution in [3.8, 4) is 11.8 Å². The Kier molecular flexibility index (Phi) is 5.18. The summed E-state index contributed by atoms with van der Waals surface area (Å²) in [6, 6.07) is 19.6. The molecule has 1 fully saturated rings. The minimum absolute atomic E-state index is 0.0280. The van der Waals surface area contributed by atoms with Gasteiger partial charge in [-0.2, -0.15) is 10.4 Å². The molecule has 0 radical (unpaired) electrons. The molecule has 0 aliphatic carbocycles. The molecular weight excluding hydrogens is 350 g/mol. The molecule has 0 saturated carbocycles. The van der Waals surface area contributed by atoms with Gasteiger partial charge in [-0.3, -0.25) is 9.69 Å². The van der Waals surface area contributed by atoms with Crippen LogP contribution in [-0.2, 0) is 6.54 Å². The van der Waals surface area contributed by atoms with Crippen molar-refractivity contribution in [2.75, 3.05) is 26.2 Å². The average molecular weight is 371 g/mol. The highest BCUT2D eigenvalue weighted by atomic mass is 16.2. The van der Waals surface area contributed by atoms with Crippen LogP contribution in [0.2, 0.25) is 0 Å². The number of rotatable bonds is 4. The summed E-state index contributed by atoms with van der Waals surface area (Å²) in [5, 5.41) is 13.2. The highest BCUT2D eigenvalue weighted by Gasteiger charge is 2.23. The summed E-state index contributed by atoms with van der Waals surface area (Å²) in [4.78, 5) is 17.0. The highest BCUT2D eigenvalue weighted by molar-refractivity contribution is 5.93. The molecule has 1 aliphatic rings. The number of benzene rings is 2. The van der Waals surface area contributed by atoms with Gasteiger partial charge in [0.2, 0.25) is 0 Å². The molecule has 3 aromatic rings. The molecule has 0 atom stereocenters.